The van der Waals surface area contributed by atoms with Crippen molar-refractivity contribution in [3.05, 3.63) is 53.9 Å². The largest absolute Gasteiger partial charge is 0.355 e. The number of hydrogen-bond donors (Lipinski definition) is 1. The highest BCUT2D eigenvalue weighted by molar-refractivity contribution is 5.93. The van der Waals surface area contributed by atoms with Crippen LogP contribution in [-0.2, 0) is 6.42 Å². The second-order valence-corrected chi connectivity index (χ2v) is 6.54. The van der Waals surface area contributed by atoms with Crippen molar-refractivity contribution in [3.63, 3.8) is 0 Å². The summed E-state index contributed by atoms with van der Waals surface area (Å²) in [5.74, 6) is 0.745. The Kier molecular flexibility index (Phi) is 5.14. The topological polar surface area (TPSA) is 45.2 Å². The summed E-state index contributed by atoms with van der Waals surface area (Å²) in [5.41, 5.74) is 3.76. The van der Waals surface area contributed by atoms with Crippen LogP contribution in [0.5, 0.6) is 0 Å². The van der Waals surface area contributed by atoms with Gasteiger partial charge in [-0.1, -0.05) is 32.0 Å². The molecule has 0 atom stereocenters. The Morgan fingerprint density at radius 1 is 1.25 bits per heavy atom. The van der Waals surface area contributed by atoms with E-state index in [1.807, 2.05) is 29.2 Å². The number of benzene rings is 1. The van der Waals surface area contributed by atoms with E-state index in [4.69, 9.17) is 0 Å². The first-order chi connectivity index (χ1) is 11.7. The molecule has 0 radical (unpaired) electrons. The molecule has 24 heavy (non-hydrogen) atoms. The molecule has 0 unspecified atom stereocenters. The number of hydrogen-bond acceptors (Lipinski definition) is 3. The van der Waals surface area contributed by atoms with E-state index < -0.39 is 0 Å². The number of pyridine rings is 1. The van der Waals surface area contributed by atoms with E-state index in [2.05, 4.69) is 36.3 Å². The van der Waals surface area contributed by atoms with Gasteiger partial charge in [-0.05, 0) is 48.9 Å². The summed E-state index contributed by atoms with van der Waals surface area (Å²) in [7, 11) is 0. The Morgan fingerprint density at radius 3 is 2.75 bits per heavy atom. The fourth-order valence-corrected chi connectivity index (χ4v) is 3.10. The predicted molar refractivity (Wildman–Crippen MR) is 97.6 cm³/mol. The molecule has 1 aliphatic heterocycles. The summed E-state index contributed by atoms with van der Waals surface area (Å²) in [6, 6.07) is 12.0. The minimum Gasteiger partial charge on any atom is -0.355 e. The quantitative estimate of drug-likeness (QED) is 0.914. The van der Waals surface area contributed by atoms with Crippen molar-refractivity contribution < 1.29 is 4.79 Å². The zero-order chi connectivity index (χ0) is 16.9. The molecule has 1 aliphatic rings. The van der Waals surface area contributed by atoms with Crippen LogP contribution in [0.3, 0.4) is 0 Å². The molecule has 0 saturated carbocycles. The second-order valence-electron chi connectivity index (χ2n) is 6.54. The van der Waals surface area contributed by atoms with E-state index in [0.717, 1.165) is 43.7 Å². The van der Waals surface area contributed by atoms with Crippen LogP contribution in [0, 0.1) is 5.92 Å². The molecule has 3 rings (SSSR count). The SMILES string of the molecule is CCc1ccccc1Nc1ccnc(C(=O)N2CCC(C)CC2)c1. The summed E-state index contributed by atoms with van der Waals surface area (Å²) in [5, 5.41) is 3.42. The summed E-state index contributed by atoms with van der Waals surface area (Å²) in [4.78, 5) is 18.9. The molecule has 126 valence electrons. The molecule has 2 aromatic rings. The number of likely N-dealkylation sites (tertiary alicyclic amines) is 1. The average molecular weight is 323 g/mol. The highest BCUT2D eigenvalue weighted by Crippen LogP contribution is 2.23. The van der Waals surface area contributed by atoms with Crippen molar-refractivity contribution in [2.24, 2.45) is 5.92 Å². The lowest BCUT2D eigenvalue weighted by molar-refractivity contribution is 0.0691. The van der Waals surface area contributed by atoms with E-state index >= 15 is 0 Å². The summed E-state index contributed by atoms with van der Waals surface area (Å²) in [6.45, 7) is 6.05. The normalized spacial score (nSPS) is 15.3. The Bertz CT molecular complexity index is 706. The van der Waals surface area contributed by atoms with Crippen molar-refractivity contribution in [1.29, 1.82) is 0 Å². The predicted octanol–water partition coefficient (Wildman–Crippen LogP) is 4.26. The standard InChI is InChI=1S/C20H25N3O/c1-3-16-6-4-5-7-18(16)22-17-8-11-21-19(14-17)20(24)23-12-9-15(2)10-13-23/h4-8,11,14-15H,3,9-10,12-13H2,1-2H3,(H,21,22). The number of carbonyl (C=O) groups is 1. The fourth-order valence-electron chi connectivity index (χ4n) is 3.10. The van der Waals surface area contributed by atoms with E-state index in [9.17, 15) is 4.79 Å². The molecular weight excluding hydrogens is 298 g/mol. The molecule has 1 aromatic heterocycles. The molecule has 1 fully saturated rings. The Labute approximate surface area is 143 Å². The van der Waals surface area contributed by atoms with Gasteiger partial charge in [0.1, 0.15) is 5.69 Å². The molecule has 4 nitrogen and oxygen atoms in total. The monoisotopic (exact) mass is 323 g/mol. The van der Waals surface area contributed by atoms with Gasteiger partial charge in [0.2, 0.25) is 0 Å². The maximum Gasteiger partial charge on any atom is 0.272 e. The minimum atomic E-state index is 0.0364. The van der Waals surface area contributed by atoms with Crippen LogP contribution in [0.15, 0.2) is 42.6 Å². The first-order valence-corrected chi connectivity index (χ1v) is 8.77. The third-order valence-electron chi connectivity index (χ3n) is 4.73. The second kappa shape index (κ2) is 7.47. The summed E-state index contributed by atoms with van der Waals surface area (Å²) >= 11 is 0. The van der Waals surface area contributed by atoms with Gasteiger partial charge < -0.3 is 10.2 Å². The number of carbonyl (C=O) groups excluding carboxylic acids is 1. The first kappa shape index (κ1) is 16.5. The molecule has 4 heteroatoms. The molecule has 0 spiro atoms. The van der Waals surface area contributed by atoms with Gasteiger partial charge >= 0.3 is 0 Å². The highest BCUT2D eigenvalue weighted by atomic mass is 16.2. The van der Waals surface area contributed by atoms with E-state index in [0.29, 0.717) is 11.6 Å². The number of rotatable bonds is 4. The number of amides is 1. The van der Waals surface area contributed by atoms with Gasteiger partial charge in [0.15, 0.2) is 0 Å². The summed E-state index contributed by atoms with van der Waals surface area (Å²) < 4.78 is 0. The molecule has 0 bridgehead atoms. The van der Waals surface area contributed by atoms with E-state index in [1.54, 1.807) is 6.20 Å². The van der Waals surface area contributed by atoms with E-state index in [-0.39, 0.29) is 5.91 Å². The van der Waals surface area contributed by atoms with Gasteiger partial charge in [0, 0.05) is 30.7 Å². The molecule has 1 saturated heterocycles. The Morgan fingerprint density at radius 2 is 2.00 bits per heavy atom. The van der Waals surface area contributed by atoms with Gasteiger partial charge in [-0.2, -0.15) is 0 Å². The summed E-state index contributed by atoms with van der Waals surface area (Å²) in [6.07, 6.45) is 4.82. The van der Waals surface area contributed by atoms with Crippen LogP contribution in [0.1, 0.15) is 42.7 Å². The zero-order valence-electron chi connectivity index (χ0n) is 14.5. The average Bonchev–Trinajstić information content (AvgIpc) is 2.62. The van der Waals surface area contributed by atoms with Gasteiger partial charge in [0.05, 0.1) is 0 Å². The first-order valence-electron chi connectivity index (χ1n) is 8.77. The van der Waals surface area contributed by atoms with Crippen LogP contribution in [-0.4, -0.2) is 28.9 Å². The van der Waals surface area contributed by atoms with Crippen molar-refractivity contribution >= 4 is 17.3 Å². The number of nitrogens with zero attached hydrogens (tertiary/aromatic N) is 2. The lowest BCUT2D eigenvalue weighted by atomic mass is 9.99. The molecular formula is C20H25N3O. The number of nitrogens with one attached hydrogen (secondary N) is 1. The lowest BCUT2D eigenvalue weighted by Gasteiger charge is -2.30. The molecule has 1 aromatic carbocycles. The Balaban J connectivity index is 1.75. The van der Waals surface area contributed by atoms with Crippen molar-refractivity contribution in [2.75, 3.05) is 18.4 Å². The highest BCUT2D eigenvalue weighted by Gasteiger charge is 2.22. The van der Waals surface area contributed by atoms with Crippen LogP contribution in [0.4, 0.5) is 11.4 Å². The Hall–Kier alpha value is -2.36. The van der Waals surface area contributed by atoms with Crippen LogP contribution in [0.25, 0.3) is 0 Å². The van der Waals surface area contributed by atoms with Gasteiger partial charge in [-0.15, -0.1) is 0 Å². The van der Waals surface area contributed by atoms with E-state index in [1.165, 1.54) is 5.56 Å². The maximum atomic E-state index is 12.7. The van der Waals surface area contributed by atoms with Crippen LogP contribution in [0.2, 0.25) is 0 Å². The zero-order valence-corrected chi connectivity index (χ0v) is 14.5. The number of para-hydroxylation sites is 1. The van der Waals surface area contributed by atoms with Gasteiger partial charge in [-0.25, -0.2) is 0 Å². The molecule has 1 amide bonds. The van der Waals surface area contributed by atoms with Crippen LogP contribution >= 0.6 is 0 Å². The van der Waals surface area contributed by atoms with Gasteiger partial charge in [-0.3, -0.25) is 9.78 Å². The van der Waals surface area contributed by atoms with Crippen molar-refractivity contribution in [1.82, 2.24) is 9.88 Å². The number of piperidine rings is 1. The smallest absolute Gasteiger partial charge is 0.272 e. The van der Waals surface area contributed by atoms with Crippen LogP contribution < -0.4 is 5.32 Å². The number of aryl methyl sites for hydroxylation is 1. The number of anilines is 2. The third kappa shape index (κ3) is 3.75. The minimum absolute atomic E-state index is 0.0364. The molecule has 2 heterocycles. The molecule has 1 N–H and O–H groups in total. The van der Waals surface area contributed by atoms with Gasteiger partial charge in [0.25, 0.3) is 5.91 Å². The lowest BCUT2D eigenvalue weighted by Crippen LogP contribution is -2.38. The van der Waals surface area contributed by atoms with Crippen molar-refractivity contribution in [3.8, 4) is 0 Å². The molecule has 0 aliphatic carbocycles. The number of aromatic nitrogens is 1. The third-order valence-corrected chi connectivity index (χ3v) is 4.73. The fraction of sp³-hybridized carbons (Fsp3) is 0.400. The van der Waals surface area contributed by atoms with Crippen molar-refractivity contribution in [2.45, 2.75) is 33.1 Å². The maximum absolute atomic E-state index is 12.7.